The summed E-state index contributed by atoms with van der Waals surface area (Å²) in [6.45, 7) is 2.52. The van der Waals surface area contributed by atoms with Gasteiger partial charge >= 0.3 is 0 Å². The molecule has 102 valence electrons. The molecule has 2 aromatic rings. The monoisotopic (exact) mass is 324 g/mol. The van der Waals surface area contributed by atoms with Gasteiger partial charge in [0, 0.05) is 5.56 Å². The lowest BCUT2D eigenvalue weighted by molar-refractivity contribution is -0.677. The number of H-pyrrole nitrogens is 1. The molecule has 0 saturated carbocycles. The lowest BCUT2D eigenvalue weighted by atomic mass is 10.1. The third-order valence-corrected chi connectivity index (χ3v) is 2.77. The van der Waals surface area contributed by atoms with Gasteiger partial charge in [0.25, 0.3) is 5.82 Å². The number of hydrogen-bond donors (Lipinski definition) is 1. The number of carbonyl (C=O) groups is 1. The van der Waals surface area contributed by atoms with E-state index in [0.717, 1.165) is 11.6 Å². The summed E-state index contributed by atoms with van der Waals surface area (Å²) in [4.78, 5) is 15.2. The van der Waals surface area contributed by atoms with E-state index in [-0.39, 0.29) is 22.8 Å². The minimum atomic E-state index is 0. The standard InChI is InChI=1S/C14H16N2O2.BrH/c1-3-18-12-6-4-5-11(9-12)13(17)10-14-15-7-8-16(14)2;/h4-9H,3,10H2,1-2H3;1H. The van der Waals surface area contributed by atoms with Crippen molar-refractivity contribution in [3.8, 4) is 5.75 Å². The minimum absolute atomic E-state index is 0. The molecule has 19 heavy (non-hydrogen) atoms. The summed E-state index contributed by atoms with van der Waals surface area (Å²) in [5.41, 5.74) is 0.676. The van der Waals surface area contributed by atoms with Crippen molar-refractivity contribution in [1.82, 2.24) is 4.98 Å². The fourth-order valence-electron chi connectivity index (χ4n) is 1.79. The van der Waals surface area contributed by atoms with Crippen molar-refractivity contribution in [3.63, 3.8) is 0 Å². The second kappa shape index (κ2) is 7.09. The molecule has 0 radical (unpaired) electrons. The van der Waals surface area contributed by atoms with Crippen LogP contribution in [0.1, 0.15) is 23.1 Å². The van der Waals surface area contributed by atoms with Crippen molar-refractivity contribution in [2.75, 3.05) is 6.61 Å². The predicted molar refractivity (Wildman–Crippen MR) is 67.6 cm³/mol. The highest BCUT2D eigenvalue weighted by molar-refractivity contribution is 5.97. The van der Waals surface area contributed by atoms with Gasteiger partial charge < -0.3 is 21.7 Å². The number of ketones is 1. The Bertz CT molecular complexity index is 552. The average molecular weight is 325 g/mol. The van der Waals surface area contributed by atoms with Crippen molar-refractivity contribution in [2.45, 2.75) is 13.3 Å². The first-order valence-corrected chi connectivity index (χ1v) is 5.98. The van der Waals surface area contributed by atoms with E-state index in [4.69, 9.17) is 4.74 Å². The molecule has 0 aliphatic heterocycles. The number of aromatic amines is 1. The zero-order valence-corrected chi connectivity index (χ0v) is 12.6. The molecule has 1 aromatic heterocycles. The van der Waals surface area contributed by atoms with Crippen molar-refractivity contribution >= 4 is 5.78 Å². The number of carbonyl (C=O) groups excluding carboxylic acids is 1. The first-order valence-electron chi connectivity index (χ1n) is 5.98. The summed E-state index contributed by atoms with van der Waals surface area (Å²) in [5, 5.41) is 0. The Morgan fingerprint density at radius 1 is 1.42 bits per heavy atom. The van der Waals surface area contributed by atoms with Crippen LogP contribution in [-0.4, -0.2) is 17.4 Å². The number of hydrogen-bond acceptors (Lipinski definition) is 2. The van der Waals surface area contributed by atoms with Gasteiger partial charge in [0.2, 0.25) is 0 Å². The smallest absolute Gasteiger partial charge is 0.261 e. The van der Waals surface area contributed by atoms with Crippen LogP contribution in [0.5, 0.6) is 5.75 Å². The van der Waals surface area contributed by atoms with Crippen LogP contribution in [0.15, 0.2) is 36.7 Å². The molecule has 0 saturated heterocycles. The fraction of sp³-hybridized carbons (Fsp3) is 0.286. The van der Waals surface area contributed by atoms with Gasteiger partial charge in [0.05, 0.1) is 13.7 Å². The van der Waals surface area contributed by atoms with Crippen molar-refractivity contribution in [3.05, 3.63) is 48.0 Å². The summed E-state index contributed by atoms with van der Waals surface area (Å²) < 4.78 is 7.30. The van der Waals surface area contributed by atoms with E-state index in [9.17, 15) is 4.79 Å². The van der Waals surface area contributed by atoms with Crippen LogP contribution in [0.2, 0.25) is 0 Å². The molecule has 0 bridgehead atoms. The predicted octanol–water partition coefficient (Wildman–Crippen LogP) is -1.33. The van der Waals surface area contributed by atoms with Gasteiger partial charge in [-0.05, 0) is 19.1 Å². The number of halogens is 1. The number of nitrogens with one attached hydrogen (secondary N) is 1. The Balaban J connectivity index is 0.00000180. The first kappa shape index (κ1) is 15.4. The summed E-state index contributed by atoms with van der Waals surface area (Å²) in [6.07, 6.45) is 4.07. The maximum atomic E-state index is 12.1. The zero-order chi connectivity index (χ0) is 13.0. The number of Topliss-reactive ketones (excluding diaryl/α,β-unsaturated/α-hetero) is 1. The molecule has 4 nitrogen and oxygen atoms in total. The second-order valence-electron chi connectivity index (χ2n) is 4.08. The van der Waals surface area contributed by atoms with Crippen LogP contribution in [0.25, 0.3) is 0 Å². The topological polar surface area (TPSA) is 46.0 Å². The maximum absolute atomic E-state index is 12.1. The minimum Gasteiger partial charge on any atom is -1.00 e. The quantitative estimate of drug-likeness (QED) is 0.547. The molecule has 5 heteroatoms. The molecule has 0 fully saturated rings. The molecule has 1 heterocycles. The highest BCUT2D eigenvalue weighted by atomic mass is 79.9. The third kappa shape index (κ3) is 3.92. The Hall–Kier alpha value is -1.62. The summed E-state index contributed by atoms with van der Waals surface area (Å²) >= 11 is 0. The van der Waals surface area contributed by atoms with E-state index >= 15 is 0 Å². The average Bonchev–Trinajstić information content (AvgIpc) is 2.76. The van der Waals surface area contributed by atoms with Gasteiger partial charge in [-0.15, -0.1) is 0 Å². The Morgan fingerprint density at radius 2 is 2.21 bits per heavy atom. The van der Waals surface area contributed by atoms with Crippen LogP contribution in [0, 0.1) is 0 Å². The van der Waals surface area contributed by atoms with E-state index in [1.807, 2.05) is 49.1 Å². The van der Waals surface area contributed by atoms with Gasteiger partial charge in [-0.2, -0.15) is 0 Å². The molecular weight excluding hydrogens is 308 g/mol. The summed E-state index contributed by atoms with van der Waals surface area (Å²) in [6, 6.07) is 7.30. The Labute approximate surface area is 123 Å². The van der Waals surface area contributed by atoms with Gasteiger partial charge in [-0.3, -0.25) is 4.79 Å². The van der Waals surface area contributed by atoms with Gasteiger partial charge in [-0.1, -0.05) is 12.1 Å². The SMILES string of the molecule is CCOc1cccc(C(=O)Cc2[nH]cc[n+]2C)c1.[Br-]. The highest BCUT2D eigenvalue weighted by Gasteiger charge is 2.14. The maximum Gasteiger partial charge on any atom is 0.261 e. The van der Waals surface area contributed by atoms with E-state index in [1.165, 1.54) is 0 Å². The van der Waals surface area contributed by atoms with Crippen molar-refractivity contribution in [1.29, 1.82) is 0 Å². The number of benzene rings is 1. The van der Waals surface area contributed by atoms with Crippen LogP contribution >= 0.6 is 0 Å². The molecule has 0 aliphatic carbocycles. The molecule has 2 rings (SSSR count). The van der Waals surface area contributed by atoms with Crippen molar-refractivity contribution in [2.24, 2.45) is 7.05 Å². The Kier molecular flexibility index (Phi) is 5.76. The highest BCUT2D eigenvalue weighted by Crippen LogP contribution is 2.14. The molecule has 0 spiro atoms. The van der Waals surface area contributed by atoms with E-state index in [2.05, 4.69) is 4.98 Å². The molecule has 0 aliphatic rings. The Morgan fingerprint density at radius 3 is 2.84 bits per heavy atom. The second-order valence-corrected chi connectivity index (χ2v) is 4.08. The number of ether oxygens (including phenoxy) is 1. The molecule has 0 atom stereocenters. The summed E-state index contributed by atoms with van der Waals surface area (Å²) in [7, 11) is 1.91. The largest absolute Gasteiger partial charge is 1.00 e. The summed E-state index contributed by atoms with van der Waals surface area (Å²) in [5.74, 6) is 1.70. The van der Waals surface area contributed by atoms with Gasteiger partial charge in [-0.25, -0.2) is 9.55 Å². The first-order chi connectivity index (χ1) is 8.70. The molecule has 1 N–H and O–H groups in total. The van der Waals surface area contributed by atoms with Crippen LogP contribution in [0.4, 0.5) is 0 Å². The number of aromatic nitrogens is 2. The van der Waals surface area contributed by atoms with Crippen LogP contribution < -0.4 is 26.3 Å². The fourth-order valence-corrected chi connectivity index (χ4v) is 1.79. The van der Waals surface area contributed by atoms with Gasteiger partial charge in [0.1, 0.15) is 24.6 Å². The van der Waals surface area contributed by atoms with E-state index < -0.39 is 0 Å². The lowest BCUT2D eigenvalue weighted by Crippen LogP contribution is -3.00. The normalized spacial score (nSPS) is 9.79. The third-order valence-electron chi connectivity index (χ3n) is 2.77. The molecule has 1 aromatic carbocycles. The molecule has 0 amide bonds. The zero-order valence-electron chi connectivity index (χ0n) is 11.0. The van der Waals surface area contributed by atoms with E-state index in [0.29, 0.717) is 18.6 Å². The van der Waals surface area contributed by atoms with Crippen molar-refractivity contribution < 1.29 is 31.1 Å². The number of rotatable bonds is 5. The van der Waals surface area contributed by atoms with E-state index in [1.54, 1.807) is 6.07 Å². The van der Waals surface area contributed by atoms with Crippen LogP contribution in [-0.2, 0) is 13.5 Å². The molecular formula is C14H17BrN2O2. The van der Waals surface area contributed by atoms with Crippen LogP contribution in [0.3, 0.4) is 0 Å². The number of aryl methyl sites for hydroxylation is 1. The lowest BCUT2D eigenvalue weighted by Gasteiger charge is -2.04. The number of nitrogens with zero attached hydrogens (tertiary/aromatic N) is 1. The van der Waals surface area contributed by atoms with Gasteiger partial charge in [0.15, 0.2) is 5.78 Å². The molecule has 0 unspecified atom stereocenters. The number of imidazole rings is 1.